The number of hydrogen-bond acceptors (Lipinski definition) is 3. The molecule has 0 aliphatic carbocycles. The summed E-state index contributed by atoms with van der Waals surface area (Å²) in [6, 6.07) is 11.7. The van der Waals surface area contributed by atoms with E-state index < -0.39 is 28.8 Å². The van der Waals surface area contributed by atoms with Crippen molar-refractivity contribution < 1.29 is 27.8 Å². The normalized spacial score (nSPS) is 11.7. The first kappa shape index (κ1) is 26.4. The topological polar surface area (TPSA) is 91.0 Å². The molecule has 3 N–H and O–H groups in total. The number of carboxylic acids is 1. The number of aromatic nitrogens is 3. The quantitative estimate of drug-likeness (QED) is 0.183. The third-order valence-corrected chi connectivity index (χ3v) is 7.10. The fourth-order valence-electron chi connectivity index (χ4n) is 4.49. The van der Waals surface area contributed by atoms with E-state index in [0.29, 0.717) is 27.7 Å². The van der Waals surface area contributed by atoms with Crippen LogP contribution in [0.4, 0.5) is 13.2 Å². The predicted octanol–water partition coefficient (Wildman–Crippen LogP) is 7.76. The van der Waals surface area contributed by atoms with Crippen molar-refractivity contribution in [2.24, 2.45) is 0 Å². The standard InChI is InChI=1S/C29H23ClF3N3O3/c1-29(2,19-5-3-4-15(26(19)33)6-9-24(37)38)23-14-35-28(36-23)18-12-16(7-8-20(18)31)39-27-21(32)13-22-17(25(27)30)10-11-34-22/h3-5,7-8,10-14,34H,6,9H2,1-2H3,(H,35,36)(H,37,38). The molecule has 0 amide bonds. The second-order valence-electron chi connectivity index (χ2n) is 9.63. The monoisotopic (exact) mass is 553 g/mol. The van der Waals surface area contributed by atoms with Gasteiger partial charge >= 0.3 is 5.97 Å². The van der Waals surface area contributed by atoms with Crippen LogP contribution in [-0.2, 0) is 16.6 Å². The van der Waals surface area contributed by atoms with Crippen molar-refractivity contribution in [1.82, 2.24) is 15.0 Å². The molecule has 0 saturated carbocycles. The number of ether oxygens (including phenoxy) is 1. The van der Waals surface area contributed by atoms with Gasteiger partial charge in [0.25, 0.3) is 0 Å². The molecule has 39 heavy (non-hydrogen) atoms. The van der Waals surface area contributed by atoms with Gasteiger partial charge in [0.2, 0.25) is 0 Å². The largest absolute Gasteiger partial charge is 0.481 e. The van der Waals surface area contributed by atoms with Crippen LogP contribution in [0, 0.1) is 17.5 Å². The summed E-state index contributed by atoms with van der Waals surface area (Å²) in [5.74, 6) is -2.69. The van der Waals surface area contributed by atoms with Crippen molar-refractivity contribution in [3.8, 4) is 22.9 Å². The summed E-state index contributed by atoms with van der Waals surface area (Å²) in [4.78, 5) is 21.2. The van der Waals surface area contributed by atoms with Crippen LogP contribution >= 0.6 is 11.6 Å². The molecule has 0 atom stereocenters. The van der Waals surface area contributed by atoms with Crippen LogP contribution in [0.25, 0.3) is 22.3 Å². The molecule has 5 rings (SSSR count). The van der Waals surface area contributed by atoms with E-state index in [1.165, 1.54) is 30.5 Å². The molecule has 10 heteroatoms. The number of halogens is 4. The van der Waals surface area contributed by atoms with Crippen molar-refractivity contribution >= 4 is 28.5 Å². The molecule has 0 aliphatic heterocycles. The number of rotatable bonds is 8. The molecule has 0 radical (unpaired) electrons. The molecule has 0 fully saturated rings. The van der Waals surface area contributed by atoms with Crippen LogP contribution in [0.5, 0.6) is 11.5 Å². The lowest BCUT2D eigenvalue weighted by Crippen LogP contribution is -2.22. The maximum Gasteiger partial charge on any atom is 0.303 e. The van der Waals surface area contributed by atoms with Crippen LogP contribution in [-0.4, -0.2) is 26.0 Å². The van der Waals surface area contributed by atoms with E-state index >= 15 is 4.39 Å². The van der Waals surface area contributed by atoms with Gasteiger partial charge in [-0.1, -0.05) is 43.6 Å². The number of aryl methyl sites for hydroxylation is 1. The SMILES string of the molecule is CC(C)(c1cnc(-c2cc(Oc3c(F)cc4[nH]ccc4c3Cl)ccc2F)[nH]1)c1cccc(CCC(=O)O)c1F. The minimum atomic E-state index is -1.01. The second kappa shape index (κ2) is 10.1. The number of aliphatic carboxylic acids is 1. The Balaban J connectivity index is 1.46. The molecule has 0 saturated heterocycles. The van der Waals surface area contributed by atoms with Crippen molar-refractivity contribution in [2.75, 3.05) is 0 Å². The second-order valence-corrected chi connectivity index (χ2v) is 10.0. The lowest BCUT2D eigenvalue weighted by molar-refractivity contribution is -0.136. The highest BCUT2D eigenvalue weighted by molar-refractivity contribution is 6.37. The van der Waals surface area contributed by atoms with Crippen LogP contribution < -0.4 is 4.74 Å². The molecule has 0 aliphatic rings. The first-order valence-electron chi connectivity index (χ1n) is 12.0. The molecule has 3 aromatic carbocycles. The number of H-pyrrole nitrogens is 2. The smallest absolute Gasteiger partial charge is 0.303 e. The Morgan fingerprint density at radius 1 is 1.10 bits per heavy atom. The number of benzene rings is 3. The first-order valence-corrected chi connectivity index (χ1v) is 12.4. The Hall–Kier alpha value is -4.24. The molecule has 200 valence electrons. The van der Waals surface area contributed by atoms with Gasteiger partial charge in [-0.15, -0.1) is 0 Å². The Kier molecular flexibility index (Phi) is 6.86. The van der Waals surface area contributed by atoms with Gasteiger partial charge in [-0.25, -0.2) is 18.2 Å². The number of nitrogens with zero attached hydrogens (tertiary/aromatic N) is 1. The summed E-state index contributed by atoms with van der Waals surface area (Å²) in [5, 5.41) is 9.62. The Morgan fingerprint density at radius 2 is 1.90 bits per heavy atom. The summed E-state index contributed by atoms with van der Waals surface area (Å²) < 4.78 is 50.7. The van der Waals surface area contributed by atoms with E-state index in [-0.39, 0.29) is 40.8 Å². The molecule has 0 bridgehead atoms. The van der Waals surface area contributed by atoms with Gasteiger partial charge in [-0.05, 0) is 41.8 Å². The summed E-state index contributed by atoms with van der Waals surface area (Å²) >= 11 is 6.36. The molecular weight excluding hydrogens is 531 g/mol. The van der Waals surface area contributed by atoms with Crippen molar-refractivity contribution in [3.63, 3.8) is 0 Å². The summed E-state index contributed by atoms with van der Waals surface area (Å²) in [6.45, 7) is 3.56. The van der Waals surface area contributed by atoms with E-state index in [1.807, 2.05) is 0 Å². The number of imidazole rings is 1. The molecule has 5 aromatic rings. The molecular formula is C29H23ClF3N3O3. The number of fused-ring (bicyclic) bond motifs is 1. The average Bonchev–Trinajstić information content (AvgIpc) is 3.57. The lowest BCUT2D eigenvalue weighted by Gasteiger charge is -2.25. The Morgan fingerprint density at radius 3 is 2.67 bits per heavy atom. The van der Waals surface area contributed by atoms with E-state index in [0.717, 1.165) is 0 Å². The van der Waals surface area contributed by atoms with Crippen molar-refractivity contribution in [3.05, 3.63) is 100 Å². The molecule has 2 heterocycles. The highest BCUT2D eigenvalue weighted by atomic mass is 35.5. The van der Waals surface area contributed by atoms with Gasteiger partial charge in [-0.2, -0.15) is 0 Å². The van der Waals surface area contributed by atoms with E-state index in [9.17, 15) is 13.6 Å². The zero-order valence-corrected chi connectivity index (χ0v) is 21.7. The zero-order chi connectivity index (χ0) is 27.9. The third kappa shape index (κ3) is 4.97. The van der Waals surface area contributed by atoms with Crippen molar-refractivity contribution in [1.29, 1.82) is 0 Å². The predicted molar refractivity (Wildman–Crippen MR) is 142 cm³/mol. The molecule has 2 aromatic heterocycles. The van der Waals surface area contributed by atoms with Gasteiger partial charge in [0.05, 0.1) is 16.1 Å². The van der Waals surface area contributed by atoms with Crippen LogP contribution in [0.1, 0.15) is 37.1 Å². The zero-order valence-electron chi connectivity index (χ0n) is 20.9. The highest BCUT2D eigenvalue weighted by Crippen LogP contribution is 2.39. The van der Waals surface area contributed by atoms with Gasteiger partial charge in [0, 0.05) is 41.4 Å². The number of nitrogens with one attached hydrogen (secondary N) is 2. The van der Waals surface area contributed by atoms with Gasteiger partial charge in [-0.3, -0.25) is 4.79 Å². The van der Waals surface area contributed by atoms with Crippen molar-refractivity contribution in [2.45, 2.75) is 32.1 Å². The van der Waals surface area contributed by atoms with Gasteiger partial charge in [0.1, 0.15) is 23.2 Å². The highest BCUT2D eigenvalue weighted by Gasteiger charge is 2.30. The van der Waals surface area contributed by atoms with Gasteiger partial charge in [0.15, 0.2) is 11.6 Å². The Labute approximate surface area is 226 Å². The van der Waals surface area contributed by atoms with Gasteiger partial charge < -0.3 is 19.8 Å². The van der Waals surface area contributed by atoms with Crippen LogP contribution in [0.15, 0.2) is 60.9 Å². The number of carbonyl (C=O) groups is 1. The number of aromatic amines is 2. The maximum atomic E-state index is 15.4. The minimum absolute atomic E-state index is 0.0545. The molecule has 6 nitrogen and oxygen atoms in total. The number of carboxylic acid groups (broad SMARTS) is 1. The lowest BCUT2D eigenvalue weighted by atomic mass is 9.80. The fourth-order valence-corrected chi connectivity index (χ4v) is 4.78. The summed E-state index contributed by atoms with van der Waals surface area (Å²) in [7, 11) is 0. The third-order valence-electron chi connectivity index (χ3n) is 6.73. The van der Waals surface area contributed by atoms with E-state index in [2.05, 4.69) is 15.0 Å². The molecule has 0 spiro atoms. The minimum Gasteiger partial charge on any atom is -0.481 e. The molecule has 0 unspecified atom stereocenters. The summed E-state index contributed by atoms with van der Waals surface area (Å²) in [6.07, 6.45) is 2.98. The number of hydrogen-bond donors (Lipinski definition) is 3. The van der Waals surface area contributed by atoms with Crippen LogP contribution in [0.2, 0.25) is 5.02 Å². The Bertz CT molecular complexity index is 1710. The fraction of sp³-hybridized carbons (Fsp3) is 0.172. The van der Waals surface area contributed by atoms with Crippen LogP contribution in [0.3, 0.4) is 0 Å². The summed E-state index contributed by atoms with van der Waals surface area (Å²) in [5.41, 5.74) is 0.792. The van der Waals surface area contributed by atoms with E-state index in [4.69, 9.17) is 21.4 Å². The average molecular weight is 554 g/mol. The van der Waals surface area contributed by atoms with E-state index in [1.54, 1.807) is 44.3 Å². The first-order chi connectivity index (χ1) is 18.6. The maximum absolute atomic E-state index is 15.4.